The Bertz CT molecular complexity index is 726. The van der Waals surface area contributed by atoms with Crippen LogP contribution in [0.3, 0.4) is 0 Å². The van der Waals surface area contributed by atoms with E-state index in [-0.39, 0.29) is 36.6 Å². The maximum atomic E-state index is 12.1. The van der Waals surface area contributed by atoms with Crippen LogP contribution >= 0.6 is 36.4 Å². The molecule has 1 saturated heterocycles. The summed E-state index contributed by atoms with van der Waals surface area (Å²) >= 11 is 6.02. The number of nitrogens with one attached hydrogen (secondary N) is 1. The van der Waals surface area contributed by atoms with E-state index in [0.29, 0.717) is 42.9 Å². The van der Waals surface area contributed by atoms with Crippen LogP contribution in [0.5, 0.6) is 0 Å². The molecule has 1 aliphatic heterocycles. The average Bonchev–Trinajstić information content (AvgIpc) is 3.08. The van der Waals surface area contributed by atoms with Crippen LogP contribution in [0.2, 0.25) is 5.02 Å². The van der Waals surface area contributed by atoms with Crippen molar-refractivity contribution in [1.29, 1.82) is 0 Å². The minimum Gasteiger partial charge on any atom is -0.439 e. The molecule has 0 spiro atoms. The van der Waals surface area contributed by atoms with E-state index in [2.05, 4.69) is 15.2 Å². The molecule has 1 atom stereocenters. The second-order valence-electron chi connectivity index (χ2n) is 6.28. The highest BCUT2D eigenvalue weighted by Gasteiger charge is 2.26. The van der Waals surface area contributed by atoms with Gasteiger partial charge in [0, 0.05) is 30.2 Å². The minimum atomic E-state index is 0. The van der Waals surface area contributed by atoms with E-state index < -0.39 is 0 Å². The third kappa shape index (κ3) is 6.66. The van der Waals surface area contributed by atoms with Gasteiger partial charge in [-0.25, -0.2) is 4.98 Å². The minimum absolute atomic E-state index is 0. The van der Waals surface area contributed by atoms with E-state index >= 15 is 0 Å². The molecule has 1 aromatic heterocycles. The van der Waals surface area contributed by atoms with Crippen molar-refractivity contribution in [2.45, 2.75) is 19.4 Å². The first kappa shape index (κ1) is 23.7. The highest BCUT2D eigenvalue weighted by atomic mass is 35.5. The van der Waals surface area contributed by atoms with Gasteiger partial charge >= 0.3 is 0 Å². The predicted octanol–water partition coefficient (Wildman–Crippen LogP) is 3.13. The van der Waals surface area contributed by atoms with Gasteiger partial charge in [-0.1, -0.05) is 23.7 Å². The van der Waals surface area contributed by atoms with Gasteiger partial charge in [-0.05, 0) is 31.5 Å². The van der Waals surface area contributed by atoms with Crippen molar-refractivity contribution >= 4 is 42.3 Å². The predicted molar refractivity (Wildman–Crippen MR) is 112 cm³/mol. The highest BCUT2D eigenvalue weighted by Crippen LogP contribution is 2.25. The van der Waals surface area contributed by atoms with Gasteiger partial charge in [-0.2, -0.15) is 0 Å². The maximum absolute atomic E-state index is 12.1. The van der Waals surface area contributed by atoms with E-state index in [1.165, 1.54) is 0 Å². The Hall–Kier alpha value is -1.31. The number of nitrogens with zero attached hydrogens (tertiary/aromatic N) is 2. The van der Waals surface area contributed by atoms with Crippen LogP contribution in [0.25, 0.3) is 11.3 Å². The summed E-state index contributed by atoms with van der Waals surface area (Å²) in [6.07, 6.45) is 3.62. The number of rotatable bonds is 6. The Morgan fingerprint density at radius 1 is 1.41 bits per heavy atom. The van der Waals surface area contributed by atoms with Crippen LogP contribution in [0.1, 0.15) is 18.7 Å². The fourth-order valence-corrected chi connectivity index (χ4v) is 3.29. The normalized spacial score (nSPS) is 16.9. The number of carbonyl (C=O) groups is 1. The first-order valence-electron chi connectivity index (χ1n) is 8.56. The molecule has 1 amide bonds. The molecule has 9 heteroatoms. The van der Waals surface area contributed by atoms with Gasteiger partial charge in [0.05, 0.1) is 18.7 Å². The average molecular weight is 436 g/mol. The lowest BCUT2D eigenvalue weighted by atomic mass is 9.97. The second kappa shape index (κ2) is 11.5. The van der Waals surface area contributed by atoms with Crippen LogP contribution in [0.15, 0.2) is 34.9 Å². The molecule has 0 saturated carbocycles. The van der Waals surface area contributed by atoms with Gasteiger partial charge < -0.3 is 15.5 Å². The molecule has 0 aliphatic carbocycles. The van der Waals surface area contributed by atoms with Crippen LogP contribution in [0, 0.1) is 5.92 Å². The fraction of sp³-hybridized carbons (Fsp3) is 0.444. The van der Waals surface area contributed by atoms with Gasteiger partial charge in [0.1, 0.15) is 0 Å². The summed E-state index contributed by atoms with van der Waals surface area (Å²) in [5.74, 6) is 1.44. The topological polar surface area (TPSA) is 84.4 Å². The summed E-state index contributed by atoms with van der Waals surface area (Å²) in [6.45, 7) is 3.24. The molecule has 2 heterocycles. The largest absolute Gasteiger partial charge is 0.439 e. The SMILES string of the molecule is Cl.Cl.NCCNC(=O)C1CCCN(Cc2ncc(-c3cccc(Cl)c3)o2)C1. The van der Waals surface area contributed by atoms with Crippen molar-refractivity contribution in [3.63, 3.8) is 0 Å². The molecular formula is C18H25Cl3N4O2. The number of aromatic nitrogens is 1. The molecule has 1 aliphatic rings. The molecular weight excluding hydrogens is 411 g/mol. The lowest BCUT2D eigenvalue weighted by Gasteiger charge is -2.31. The number of benzene rings is 1. The molecule has 0 bridgehead atoms. The zero-order chi connectivity index (χ0) is 17.6. The number of likely N-dealkylation sites (tertiary alicyclic amines) is 1. The molecule has 1 fully saturated rings. The summed E-state index contributed by atoms with van der Waals surface area (Å²) < 4.78 is 5.86. The number of amides is 1. The summed E-state index contributed by atoms with van der Waals surface area (Å²) in [5, 5.41) is 3.54. The van der Waals surface area contributed by atoms with Gasteiger partial charge in [0.15, 0.2) is 5.76 Å². The Balaban J connectivity index is 0.00000182. The fourth-order valence-electron chi connectivity index (χ4n) is 3.10. The lowest BCUT2D eigenvalue weighted by Crippen LogP contribution is -2.43. The van der Waals surface area contributed by atoms with Crippen molar-refractivity contribution in [1.82, 2.24) is 15.2 Å². The number of halogens is 3. The van der Waals surface area contributed by atoms with Gasteiger partial charge in [-0.15, -0.1) is 24.8 Å². The maximum Gasteiger partial charge on any atom is 0.224 e. The molecule has 3 N–H and O–H groups in total. The Labute approximate surface area is 176 Å². The van der Waals surface area contributed by atoms with Crippen molar-refractivity contribution in [3.8, 4) is 11.3 Å². The van der Waals surface area contributed by atoms with Gasteiger partial charge in [0.25, 0.3) is 0 Å². The Kier molecular flexibility index (Phi) is 10.1. The third-order valence-corrected chi connectivity index (χ3v) is 4.58. The quantitative estimate of drug-likeness (QED) is 0.728. The lowest BCUT2D eigenvalue weighted by molar-refractivity contribution is -0.126. The van der Waals surface area contributed by atoms with Crippen molar-refractivity contribution in [2.75, 3.05) is 26.2 Å². The molecule has 1 unspecified atom stereocenters. The van der Waals surface area contributed by atoms with Gasteiger partial charge in [-0.3, -0.25) is 9.69 Å². The Morgan fingerprint density at radius 3 is 2.96 bits per heavy atom. The molecule has 6 nitrogen and oxygen atoms in total. The van der Waals surface area contributed by atoms with Crippen molar-refractivity contribution in [3.05, 3.63) is 41.4 Å². The van der Waals surface area contributed by atoms with Crippen LogP contribution in [-0.2, 0) is 11.3 Å². The van der Waals surface area contributed by atoms with Crippen LogP contribution in [0.4, 0.5) is 0 Å². The number of nitrogens with two attached hydrogens (primary N) is 1. The summed E-state index contributed by atoms with van der Waals surface area (Å²) in [5.41, 5.74) is 6.35. The first-order valence-corrected chi connectivity index (χ1v) is 8.94. The second-order valence-corrected chi connectivity index (χ2v) is 6.72. The highest BCUT2D eigenvalue weighted by molar-refractivity contribution is 6.30. The summed E-state index contributed by atoms with van der Waals surface area (Å²) in [4.78, 5) is 18.7. The number of piperidine rings is 1. The van der Waals surface area contributed by atoms with Crippen LogP contribution < -0.4 is 11.1 Å². The monoisotopic (exact) mass is 434 g/mol. The number of hydrogen-bond acceptors (Lipinski definition) is 5. The van der Waals surface area contributed by atoms with E-state index in [1.54, 1.807) is 6.20 Å². The summed E-state index contributed by atoms with van der Waals surface area (Å²) in [6, 6.07) is 7.50. The van der Waals surface area contributed by atoms with Gasteiger partial charge in [0.2, 0.25) is 11.8 Å². The van der Waals surface area contributed by atoms with Crippen molar-refractivity contribution in [2.24, 2.45) is 11.7 Å². The zero-order valence-electron chi connectivity index (χ0n) is 14.9. The molecule has 3 rings (SSSR count). The number of carbonyl (C=O) groups excluding carboxylic acids is 1. The smallest absolute Gasteiger partial charge is 0.224 e. The number of hydrogen-bond donors (Lipinski definition) is 2. The molecule has 150 valence electrons. The standard InChI is InChI=1S/C18H23ClN4O2.2ClH/c19-15-5-1-3-13(9-15)16-10-22-17(25-16)12-23-8-2-4-14(11-23)18(24)21-7-6-20;;/h1,3,5,9-10,14H,2,4,6-8,11-12,20H2,(H,21,24);2*1H. The molecule has 0 radical (unpaired) electrons. The Morgan fingerprint density at radius 2 is 2.22 bits per heavy atom. The van der Waals surface area contributed by atoms with Crippen LogP contribution in [-0.4, -0.2) is 42.0 Å². The summed E-state index contributed by atoms with van der Waals surface area (Å²) in [7, 11) is 0. The molecule has 1 aromatic carbocycles. The van der Waals surface area contributed by atoms with E-state index in [0.717, 1.165) is 24.9 Å². The molecule has 2 aromatic rings. The van der Waals surface area contributed by atoms with Crippen molar-refractivity contribution < 1.29 is 9.21 Å². The third-order valence-electron chi connectivity index (χ3n) is 4.34. The first-order chi connectivity index (χ1) is 12.2. The van der Waals surface area contributed by atoms with E-state index in [1.807, 2.05) is 24.3 Å². The molecule has 27 heavy (non-hydrogen) atoms. The number of oxazole rings is 1. The zero-order valence-corrected chi connectivity index (χ0v) is 17.3. The van der Waals surface area contributed by atoms with E-state index in [9.17, 15) is 4.79 Å². The van der Waals surface area contributed by atoms with E-state index in [4.69, 9.17) is 21.8 Å².